The highest BCUT2D eigenvalue weighted by molar-refractivity contribution is 7.96. The van der Waals surface area contributed by atoms with Crippen molar-refractivity contribution in [2.45, 2.75) is 0 Å². The Balaban J connectivity index is -0.000000180. The molecule has 0 atom stereocenters. The van der Waals surface area contributed by atoms with Crippen molar-refractivity contribution in [3.8, 4) is 0 Å². The molecule has 0 saturated carbocycles. The van der Waals surface area contributed by atoms with Gasteiger partial charge in [0.25, 0.3) is 0 Å². The SMILES string of the molecule is N.O.O=[P](=O)[Mg][P](=O)=O. The number of hydrogen-bond donors (Lipinski definition) is 1. The fourth-order valence-electron chi connectivity index (χ4n) is 0.0943. The highest BCUT2D eigenvalue weighted by Gasteiger charge is 2.10. The standard InChI is InChI=1S/Mg.H3N.2O2P.H2O/c;;2*1-3-2;/h;1H3;;;1H2. The van der Waals surface area contributed by atoms with Gasteiger partial charge >= 0.3 is 19.3 Å². The molecule has 0 bridgehead atoms. The molecule has 0 saturated heterocycles. The molecule has 0 radical (unpaired) electrons. The third kappa shape index (κ3) is 17.7. The molecule has 0 heterocycles. The maximum absolute atomic E-state index is 9.52. The number of rotatable bonds is 2. The quantitative estimate of drug-likeness (QED) is 0.484. The summed E-state index contributed by atoms with van der Waals surface area (Å²) in [6.07, 6.45) is 0. The van der Waals surface area contributed by atoms with Gasteiger partial charge in [0.15, 0.2) is 10.9 Å². The molecule has 0 aliphatic carbocycles. The normalized spacial score (nSPS) is 5.33. The third-order valence-corrected chi connectivity index (χ3v) is 6.24. The number of hydrogen-bond acceptors (Lipinski definition) is 5. The van der Waals surface area contributed by atoms with Gasteiger partial charge in [-0.25, -0.2) is 0 Å². The lowest BCUT2D eigenvalue weighted by Crippen LogP contribution is -1.55. The van der Waals surface area contributed by atoms with Crippen LogP contribution in [0.1, 0.15) is 0 Å². The van der Waals surface area contributed by atoms with E-state index in [-0.39, 0.29) is 11.6 Å². The van der Waals surface area contributed by atoms with E-state index in [0.717, 1.165) is 0 Å². The van der Waals surface area contributed by atoms with Gasteiger partial charge in [-0.15, -0.1) is 0 Å². The van der Waals surface area contributed by atoms with E-state index < -0.39 is 30.2 Å². The first-order chi connectivity index (χ1) is 3.13. The van der Waals surface area contributed by atoms with E-state index in [1.165, 1.54) is 0 Å². The van der Waals surface area contributed by atoms with Crippen molar-refractivity contribution in [3.05, 3.63) is 0 Å². The van der Waals surface area contributed by atoms with Crippen LogP contribution in [-0.4, -0.2) is 24.8 Å². The van der Waals surface area contributed by atoms with Crippen molar-refractivity contribution in [2.75, 3.05) is 0 Å². The lowest BCUT2D eigenvalue weighted by atomic mass is 14.0. The average Bonchev–Trinajstić information content (AvgIpc) is 1.27. The van der Waals surface area contributed by atoms with Gasteiger partial charge in [0.1, 0.15) is 0 Å². The molecule has 0 spiro atoms. The van der Waals surface area contributed by atoms with Crippen LogP contribution in [0.25, 0.3) is 0 Å². The molecule has 0 fully saturated rings. The van der Waals surface area contributed by atoms with E-state index in [9.17, 15) is 18.3 Å². The van der Waals surface area contributed by atoms with Crippen LogP contribution in [-0.2, 0) is 18.3 Å². The second-order valence-electron chi connectivity index (χ2n) is 0.807. The van der Waals surface area contributed by atoms with Gasteiger partial charge in [-0.3, -0.25) is 18.3 Å². The van der Waals surface area contributed by atoms with E-state index in [0.29, 0.717) is 0 Å². The Morgan fingerprint density at radius 3 is 1.11 bits per heavy atom. The van der Waals surface area contributed by atoms with Crippen LogP contribution in [0, 0.1) is 0 Å². The van der Waals surface area contributed by atoms with Gasteiger partial charge < -0.3 is 11.6 Å². The van der Waals surface area contributed by atoms with E-state index in [2.05, 4.69) is 0 Å². The first kappa shape index (κ1) is 16.2. The molecule has 0 aliphatic heterocycles. The maximum Gasteiger partial charge on any atom is 0.761 e. The molecule has 6 nitrogen and oxygen atoms in total. The predicted octanol–water partition coefficient (Wildman–Crippen LogP) is 0.204. The van der Waals surface area contributed by atoms with Gasteiger partial charge in [0.2, 0.25) is 0 Å². The fraction of sp³-hybridized carbons (Fsp3) is 0. The molecule has 0 aromatic carbocycles. The van der Waals surface area contributed by atoms with Crippen molar-refractivity contribution in [1.29, 1.82) is 0 Å². The second kappa shape index (κ2) is 8.49. The Morgan fingerprint density at radius 1 is 0.889 bits per heavy atom. The third-order valence-electron chi connectivity index (χ3n) is 0.231. The zero-order valence-corrected chi connectivity index (χ0v) is 7.64. The summed E-state index contributed by atoms with van der Waals surface area (Å²) in [5, 5.41) is 0. The van der Waals surface area contributed by atoms with Crippen LogP contribution in [0.4, 0.5) is 0 Å². The molecule has 9 heteroatoms. The summed E-state index contributed by atoms with van der Waals surface area (Å²) in [5.74, 6) is 0. The Bertz CT molecular complexity index is 143. The van der Waals surface area contributed by atoms with Crippen molar-refractivity contribution >= 4 is 30.2 Å². The molecule has 0 aliphatic rings. The minimum absolute atomic E-state index is 0. The summed E-state index contributed by atoms with van der Waals surface area (Å²) in [5.41, 5.74) is -5.19. The molecular formula is H5MgNO5P2. The average molecular weight is 185 g/mol. The lowest BCUT2D eigenvalue weighted by Gasteiger charge is -1.51. The minimum atomic E-state index is -2.60. The largest absolute Gasteiger partial charge is 0.761 e. The summed E-state index contributed by atoms with van der Waals surface area (Å²) < 4.78 is 38.1. The molecule has 0 unspecified atom stereocenters. The molecule has 0 aromatic heterocycles. The van der Waals surface area contributed by atoms with Crippen molar-refractivity contribution in [1.82, 2.24) is 6.15 Å². The predicted molar refractivity (Wildman–Crippen MR) is 31.0 cm³/mol. The molecule has 9 heavy (non-hydrogen) atoms. The van der Waals surface area contributed by atoms with Gasteiger partial charge in [-0.2, -0.15) is 0 Å². The van der Waals surface area contributed by atoms with E-state index in [1.807, 2.05) is 0 Å². The van der Waals surface area contributed by atoms with Crippen molar-refractivity contribution < 1.29 is 23.7 Å². The second-order valence-corrected chi connectivity index (χ2v) is 8.91. The van der Waals surface area contributed by atoms with Gasteiger partial charge in [0, 0.05) is 0 Å². The summed E-state index contributed by atoms with van der Waals surface area (Å²) in [4.78, 5) is 0. The Kier molecular flexibility index (Phi) is 15.3. The van der Waals surface area contributed by atoms with Gasteiger partial charge in [-0.1, -0.05) is 0 Å². The van der Waals surface area contributed by atoms with E-state index in [1.54, 1.807) is 0 Å². The molecule has 0 amide bonds. The zero-order chi connectivity index (χ0) is 5.86. The highest BCUT2D eigenvalue weighted by Crippen LogP contribution is 2.11. The minimum Gasteiger partial charge on any atom is -0.412 e. The van der Waals surface area contributed by atoms with Crippen molar-refractivity contribution in [3.63, 3.8) is 0 Å². The van der Waals surface area contributed by atoms with Crippen LogP contribution in [0.3, 0.4) is 0 Å². The highest BCUT2D eigenvalue weighted by atomic mass is 31.3. The smallest absolute Gasteiger partial charge is 0.412 e. The topological polar surface area (TPSA) is 135 Å². The molecule has 5 N–H and O–H groups in total. The van der Waals surface area contributed by atoms with Crippen LogP contribution >= 0.6 is 10.9 Å². The lowest BCUT2D eigenvalue weighted by molar-refractivity contribution is 0.523. The fourth-order valence-corrected chi connectivity index (χ4v) is 2.55. The summed E-state index contributed by atoms with van der Waals surface area (Å²) >= 11 is -1.81. The molecule has 0 aromatic rings. The Morgan fingerprint density at radius 2 is 1.11 bits per heavy atom. The zero-order valence-electron chi connectivity index (χ0n) is 4.44. The van der Waals surface area contributed by atoms with Crippen molar-refractivity contribution in [2.24, 2.45) is 0 Å². The molecule has 0 rings (SSSR count). The summed E-state index contributed by atoms with van der Waals surface area (Å²) in [6.45, 7) is 0. The Labute approximate surface area is 60.4 Å². The first-order valence-corrected chi connectivity index (χ1v) is 7.88. The Hall–Kier alpha value is 0.486. The van der Waals surface area contributed by atoms with Gasteiger partial charge in [0.05, 0.1) is 0 Å². The van der Waals surface area contributed by atoms with Crippen LogP contribution in [0.15, 0.2) is 0 Å². The van der Waals surface area contributed by atoms with Crippen LogP contribution in [0.2, 0.25) is 0 Å². The van der Waals surface area contributed by atoms with Gasteiger partial charge in [-0.05, 0) is 0 Å². The molecule has 52 valence electrons. The molecular weight excluding hydrogens is 180 g/mol. The maximum atomic E-state index is 9.52. The summed E-state index contributed by atoms with van der Waals surface area (Å²) in [6, 6.07) is 0. The summed E-state index contributed by atoms with van der Waals surface area (Å²) in [7, 11) is 0. The van der Waals surface area contributed by atoms with Crippen LogP contribution < -0.4 is 6.15 Å². The van der Waals surface area contributed by atoms with E-state index >= 15 is 0 Å². The monoisotopic (exact) mass is 185 g/mol. The van der Waals surface area contributed by atoms with Crippen LogP contribution in [0.5, 0.6) is 0 Å². The first-order valence-electron chi connectivity index (χ1n) is 1.36. The van der Waals surface area contributed by atoms with E-state index in [4.69, 9.17) is 0 Å².